The van der Waals surface area contributed by atoms with Gasteiger partial charge < -0.3 is 4.57 Å². The molecule has 1 aromatic heterocycles. The van der Waals surface area contributed by atoms with Gasteiger partial charge in [-0.2, -0.15) is 5.26 Å². The Morgan fingerprint density at radius 1 is 0.818 bits per heavy atom. The SMILES string of the molecule is Cc1ccc2c(c1)c1cc(C#N)ccc1n2-c1ccccc1. The van der Waals surface area contributed by atoms with Crippen LogP contribution in [-0.2, 0) is 0 Å². The number of benzene rings is 3. The maximum atomic E-state index is 9.19. The van der Waals surface area contributed by atoms with Gasteiger partial charge in [0.1, 0.15) is 0 Å². The van der Waals surface area contributed by atoms with Crippen molar-refractivity contribution in [1.82, 2.24) is 4.57 Å². The Labute approximate surface area is 128 Å². The maximum Gasteiger partial charge on any atom is 0.0991 e. The van der Waals surface area contributed by atoms with Gasteiger partial charge in [0.2, 0.25) is 0 Å². The first-order valence-corrected chi connectivity index (χ1v) is 7.28. The summed E-state index contributed by atoms with van der Waals surface area (Å²) in [6, 6.07) is 25.0. The van der Waals surface area contributed by atoms with Crippen molar-refractivity contribution in [2.24, 2.45) is 0 Å². The lowest BCUT2D eigenvalue weighted by Gasteiger charge is -2.07. The lowest BCUT2D eigenvalue weighted by Crippen LogP contribution is -1.92. The summed E-state index contributed by atoms with van der Waals surface area (Å²) >= 11 is 0. The fourth-order valence-corrected chi connectivity index (χ4v) is 3.06. The van der Waals surface area contributed by atoms with E-state index >= 15 is 0 Å². The molecule has 0 aliphatic heterocycles. The molecule has 1 heterocycles. The van der Waals surface area contributed by atoms with E-state index in [1.54, 1.807) is 0 Å². The quantitative estimate of drug-likeness (QED) is 0.485. The van der Waals surface area contributed by atoms with Gasteiger partial charge in [-0.25, -0.2) is 0 Å². The number of aromatic nitrogens is 1. The Hall–Kier alpha value is -3.05. The van der Waals surface area contributed by atoms with E-state index < -0.39 is 0 Å². The molecule has 2 nitrogen and oxygen atoms in total. The molecule has 0 radical (unpaired) electrons. The zero-order valence-corrected chi connectivity index (χ0v) is 12.2. The molecule has 4 aromatic rings. The molecule has 0 amide bonds. The fraction of sp³-hybridized carbons (Fsp3) is 0.0500. The highest BCUT2D eigenvalue weighted by Crippen LogP contribution is 2.33. The normalized spacial score (nSPS) is 10.9. The number of nitrogens with zero attached hydrogens (tertiary/aromatic N) is 2. The Balaban J connectivity index is 2.21. The molecule has 0 fully saturated rings. The van der Waals surface area contributed by atoms with Crippen molar-refractivity contribution in [1.29, 1.82) is 5.26 Å². The van der Waals surface area contributed by atoms with Crippen LogP contribution >= 0.6 is 0 Å². The van der Waals surface area contributed by atoms with Crippen molar-refractivity contribution in [3.63, 3.8) is 0 Å². The largest absolute Gasteiger partial charge is 0.309 e. The molecule has 0 aliphatic carbocycles. The average molecular weight is 282 g/mol. The number of rotatable bonds is 1. The zero-order chi connectivity index (χ0) is 15.1. The molecule has 0 spiro atoms. The molecular formula is C20H14N2. The topological polar surface area (TPSA) is 28.7 Å². The van der Waals surface area contributed by atoms with Crippen LogP contribution in [0.15, 0.2) is 66.7 Å². The van der Waals surface area contributed by atoms with E-state index in [1.165, 1.54) is 16.5 Å². The fourth-order valence-electron chi connectivity index (χ4n) is 3.06. The third-order valence-corrected chi connectivity index (χ3v) is 4.06. The lowest BCUT2D eigenvalue weighted by molar-refractivity contribution is 1.18. The maximum absolute atomic E-state index is 9.19. The van der Waals surface area contributed by atoms with Gasteiger partial charge in [0.05, 0.1) is 22.7 Å². The first-order valence-electron chi connectivity index (χ1n) is 7.28. The minimum absolute atomic E-state index is 0.695. The summed E-state index contributed by atoms with van der Waals surface area (Å²) in [5.74, 6) is 0. The van der Waals surface area contributed by atoms with E-state index in [-0.39, 0.29) is 0 Å². The van der Waals surface area contributed by atoms with Crippen molar-refractivity contribution in [3.05, 3.63) is 77.9 Å². The van der Waals surface area contributed by atoms with Crippen LogP contribution in [0, 0.1) is 18.3 Å². The summed E-state index contributed by atoms with van der Waals surface area (Å²) in [7, 11) is 0. The van der Waals surface area contributed by atoms with E-state index in [2.05, 4.69) is 47.9 Å². The van der Waals surface area contributed by atoms with Crippen LogP contribution in [-0.4, -0.2) is 4.57 Å². The second-order valence-corrected chi connectivity index (χ2v) is 5.54. The third kappa shape index (κ3) is 1.80. The summed E-state index contributed by atoms with van der Waals surface area (Å²) in [6.07, 6.45) is 0. The molecule has 2 heteroatoms. The average Bonchev–Trinajstić information content (AvgIpc) is 2.88. The Kier molecular flexibility index (Phi) is 2.74. The number of aryl methyl sites for hydroxylation is 1. The lowest BCUT2D eigenvalue weighted by atomic mass is 10.1. The minimum Gasteiger partial charge on any atom is -0.309 e. The molecule has 0 saturated heterocycles. The molecule has 0 atom stereocenters. The van der Waals surface area contributed by atoms with E-state index in [0.717, 1.165) is 16.6 Å². The summed E-state index contributed by atoms with van der Waals surface area (Å²) in [5, 5.41) is 11.5. The second kappa shape index (κ2) is 4.75. The minimum atomic E-state index is 0.695. The van der Waals surface area contributed by atoms with Gasteiger partial charge >= 0.3 is 0 Å². The van der Waals surface area contributed by atoms with Gasteiger partial charge in [-0.3, -0.25) is 0 Å². The van der Waals surface area contributed by atoms with Gasteiger partial charge in [0.15, 0.2) is 0 Å². The standard InChI is InChI=1S/C20H14N2/c1-14-7-9-19-17(11-14)18-12-15(13-21)8-10-20(18)22(19)16-5-3-2-4-6-16/h2-12H,1H3. The number of hydrogen-bond acceptors (Lipinski definition) is 1. The highest BCUT2D eigenvalue weighted by atomic mass is 15.0. The van der Waals surface area contributed by atoms with E-state index in [0.29, 0.717) is 5.56 Å². The van der Waals surface area contributed by atoms with Gasteiger partial charge in [-0.1, -0.05) is 29.8 Å². The smallest absolute Gasteiger partial charge is 0.0991 e. The van der Waals surface area contributed by atoms with Crippen LogP contribution in [0.1, 0.15) is 11.1 Å². The number of hydrogen-bond donors (Lipinski definition) is 0. The van der Waals surface area contributed by atoms with Crippen LogP contribution < -0.4 is 0 Å². The molecule has 104 valence electrons. The van der Waals surface area contributed by atoms with Gasteiger partial charge in [0, 0.05) is 16.5 Å². The van der Waals surface area contributed by atoms with Crippen LogP contribution in [0.3, 0.4) is 0 Å². The molecule has 3 aromatic carbocycles. The molecule has 0 bridgehead atoms. The first-order chi connectivity index (χ1) is 10.8. The number of fused-ring (bicyclic) bond motifs is 3. The van der Waals surface area contributed by atoms with Crippen molar-refractivity contribution < 1.29 is 0 Å². The van der Waals surface area contributed by atoms with E-state index in [1.807, 2.05) is 36.4 Å². The summed E-state index contributed by atoms with van der Waals surface area (Å²) in [4.78, 5) is 0. The Morgan fingerprint density at radius 2 is 1.50 bits per heavy atom. The third-order valence-electron chi connectivity index (χ3n) is 4.06. The summed E-state index contributed by atoms with van der Waals surface area (Å²) < 4.78 is 2.26. The van der Waals surface area contributed by atoms with Crippen LogP contribution in [0.4, 0.5) is 0 Å². The summed E-state index contributed by atoms with van der Waals surface area (Å²) in [6.45, 7) is 2.10. The monoisotopic (exact) mass is 282 g/mol. The molecule has 0 unspecified atom stereocenters. The van der Waals surface area contributed by atoms with E-state index in [9.17, 15) is 5.26 Å². The molecule has 0 aliphatic rings. The van der Waals surface area contributed by atoms with Crippen LogP contribution in [0.25, 0.3) is 27.5 Å². The molecule has 22 heavy (non-hydrogen) atoms. The Morgan fingerprint density at radius 3 is 2.23 bits per heavy atom. The predicted molar refractivity (Wildman–Crippen MR) is 90.2 cm³/mol. The molecule has 0 saturated carbocycles. The van der Waals surface area contributed by atoms with Crippen LogP contribution in [0.2, 0.25) is 0 Å². The summed E-state index contributed by atoms with van der Waals surface area (Å²) in [5.41, 5.74) is 5.35. The first kappa shape index (κ1) is 12.7. The number of nitriles is 1. The van der Waals surface area contributed by atoms with Crippen molar-refractivity contribution in [2.45, 2.75) is 6.92 Å². The highest BCUT2D eigenvalue weighted by molar-refractivity contribution is 6.09. The Bertz CT molecular complexity index is 1030. The van der Waals surface area contributed by atoms with E-state index in [4.69, 9.17) is 0 Å². The zero-order valence-electron chi connectivity index (χ0n) is 12.2. The van der Waals surface area contributed by atoms with Crippen molar-refractivity contribution in [2.75, 3.05) is 0 Å². The predicted octanol–water partition coefficient (Wildman–Crippen LogP) is 4.96. The second-order valence-electron chi connectivity index (χ2n) is 5.54. The highest BCUT2D eigenvalue weighted by Gasteiger charge is 2.12. The van der Waals surface area contributed by atoms with Gasteiger partial charge in [-0.15, -0.1) is 0 Å². The molecular weight excluding hydrogens is 268 g/mol. The molecule has 0 N–H and O–H groups in total. The van der Waals surface area contributed by atoms with Gasteiger partial charge in [-0.05, 0) is 49.4 Å². The van der Waals surface area contributed by atoms with Gasteiger partial charge in [0.25, 0.3) is 0 Å². The van der Waals surface area contributed by atoms with Crippen molar-refractivity contribution in [3.8, 4) is 11.8 Å². The van der Waals surface area contributed by atoms with Crippen molar-refractivity contribution >= 4 is 21.8 Å². The molecule has 4 rings (SSSR count). The number of para-hydroxylation sites is 1. The van der Waals surface area contributed by atoms with Crippen LogP contribution in [0.5, 0.6) is 0 Å².